The van der Waals surface area contributed by atoms with E-state index in [4.69, 9.17) is 27.3 Å². The molecule has 1 unspecified atom stereocenters. The Kier molecular flexibility index (Phi) is 35.8. The van der Waals surface area contributed by atoms with Gasteiger partial charge in [-0.15, -0.1) is 0 Å². The lowest BCUT2D eigenvalue weighted by Crippen LogP contribution is -2.62. The molecule has 92 heavy (non-hydrogen) atoms. The second-order valence-corrected chi connectivity index (χ2v) is 24.7. The SMILES string of the molecule is CCC(C)[C@@H]1NC(=O)[C@H](C)CC(=O)[C@H](NC(=O)[C@H](CO)NC(=O)[C@@H](NC(=O)[C@H](NC(=O)[C@@H](CCCCC(=N)N)NC(=O)[C@H](CCCN=C(N)N)NC(=O)[C@@H](NC(=O)[C@@H](Cc2ccccc2)NC)[C@@H](C)CC)[C@H](C)CC)[C@@H](C)CC)[C@H](C)OC(=O)[C@H]([C@@H](C)CC)NC1=O. The molecule has 518 valence electrons. The number of aliphatic imine (C=N–C) groups is 1. The van der Waals surface area contributed by atoms with Crippen LogP contribution >= 0.6 is 0 Å². The largest absolute Gasteiger partial charge is 0.458 e. The molecule has 1 saturated heterocycles. The fourth-order valence-corrected chi connectivity index (χ4v) is 10.2. The van der Waals surface area contributed by atoms with Gasteiger partial charge in [0.1, 0.15) is 60.5 Å². The van der Waals surface area contributed by atoms with Crippen LogP contribution in [0.4, 0.5) is 0 Å². The van der Waals surface area contributed by atoms with Crippen LogP contribution in [0.5, 0.6) is 0 Å². The van der Waals surface area contributed by atoms with E-state index in [1.807, 2.05) is 44.2 Å². The number of amides is 9. The number of hydrogen-bond acceptors (Lipinski definition) is 16. The van der Waals surface area contributed by atoms with Gasteiger partial charge in [-0.3, -0.25) is 58.3 Å². The summed E-state index contributed by atoms with van der Waals surface area (Å²) in [6.07, 6.45) is 1.38. The van der Waals surface area contributed by atoms with Gasteiger partial charge in [0.2, 0.25) is 53.2 Å². The van der Waals surface area contributed by atoms with E-state index in [0.717, 1.165) is 5.56 Å². The molecule has 0 saturated carbocycles. The third kappa shape index (κ3) is 26.1. The Labute approximate surface area is 542 Å². The molecule has 1 fully saturated rings. The van der Waals surface area contributed by atoms with Gasteiger partial charge >= 0.3 is 5.97 Å². The minimum atomic E-state index is -1.76. The average molecular weight is 1300 g/mol. The van der Waals surface area contributed by atoms with Crippen molar-refractivity contribution in [3.63, 3.8) is 0 Å². The number of rotatable bonds is 37. The van der Waals surface area contributed by atoms with Crippen LogP contribution in [-0.2, 0) is 63.9 Å². The molecule has 1 heterocycles. The molecular formula is C64H109N15O13. The van der Waals surface area contributed by atoms with E-state index < -0.39 is 174 Å². The van der Waals surface area contributed by atoms with Gasteiger partial charge in [-0.25, -0.2) is 4.79 Å². The number of carbonyl (C=O) groups excluding carboxylic acids is 11. The molecule has 1 aliphatic heterocycles. The molecule has 28 heteroatoms. The van der Waals surface area contributed by atoms with E-state index in [1.54, 1.807) is 62.4 Å². The summed E-state index contributed by atoms with van der Waals surface area (Å²) >= 11 is 0. The smallest absolute Gasteiger partial charge is 0.329 e. The van der Waals surface area contributed by atoms with Gasteiger partial charge < -0.3 is 80.2 Å². The summed E-state index contributed by atoms with van der Waals surface area (Å²) < 4.78 is 5.79. The lowest BCUT2D eigenvalue weighted by molar-refractivity contribution is -0.157. The number of cyclic esters (lactones) is 1. The van der Waals surface area contributed by atoms with Crippen LogP contribution in [0, 0.1) is 40.9 Å². The van der Waals surface area contributed by atoms with E-state index in [9.17, 15) is 57.8 Å². The van der Waals surface area contributed by atoms with Gasteiger partial charge in [-0.2, -0.15) is 0 Å². The molecule has 2 rings (SSSR count). The molecule has 1 aliphatic rings. The number of carbonyl (C=O) groups is 11. The van der Waals surface area contributed by atoms with Crippen LogP contribution < -0.4 is 70.4 Å². The zero-order chi connectivity index (χ0) is 69.5. The van der Waals surface area contributed by atoms with Crippen LogP contribution in [0.3, 0.4) is 0 Å². The maximum atomic E-state index is 14.7. The number of nitrogens with two attached hydrogens (primary N) is 3. The normalized spacial score (nSPS) is 21.1. The van der Waals surface area contributed by atoms with Crippen molar-refractivity contribution in [2.75, 3.05) is 20.2 Å². The van der Waals surface area contributed by atoms with Gasteiger partial charge in [0.15, 0.2) is 11.7 Å². The zero-order valence-electron chi connectivity index (χ0n) is 56.3. The maximum absolute atomic E-state index is 14.7. The summed E-state index contributed by atoms with van der Waals surface area (Å²) in [5.74, 6) is -12.2. The fraction of sp³-hybridized carbons (Fsp3) is 0.703. The Morgan fingerprint density at radius 1 is 0.609 bits per heavy atom. The lowest BCUT2D eigenvalue weighted by atomic mass is 9.93. The number of nitrogens with zero attached hydrogens (tertiary/aromatic N) is 1. The number of unbranched alkanes of at least 4 members (excludes halogenated alkanes) is 1. The molecule has 9 amide bonds. The van der Waals surface area contributed by atoms with Gasteiger partial charge in [0, 0.05) is 25.3 Å². The summed E-state index contributed by atoms with van der Waals surface area (Å²) in [6.45, 7) is 19.5. The summed E-state index contributed by atoms with van der Waals surface area (Å²) in [5.41, 5.74) is 17.7. The summed E-state index contributed by atoms with van der Waals surface area (Å²) in [4.78, 5) is 160. The Morgan fingerprint density at radius 3 is 1.55 bits per heavy atom. The Balaban J connectivity index is 2.53. The number of nitrogens with one attached hydrogen (secondary N) is 11. The van der Waals surface area contributed by atoms with Gasteiger partial charge in [-0.1, -0.05) is 145 Å². The first-order valence-electron chi connectivity index (χ1n) is 32.6. The van der Waals surface area contributed by atoms with Crippen molar-refractivity contribution in [1.29, 1.82) is 5.41 Å². The number of likely N-dealkylation sites (N-methyl/N-ethyl adjacent to an activating group) is 1. The van der Waals surface area contributed by atoms with Gasteiger partial charge in [-0.05, 0) is 81.2 Å². The minimum Gasteiger partial charge on any atom is -0.458 e. The average Bonchev–Trinajstić information content (AvgIpc) is 1.35. The number of guanidine groups is 1. The van der Waals surface area contributed by atoms with Crippen molar-refractivity contribution >= 4 is 76.7 Å². The highest BCUT2D eigenvalue weighted by Gasteiger charge is 2.41. The number of aliphatic hydroxyl groups excluding tert-OH is 1. The molecule has 18 N–H and O–H groups in total. The van der Waals surface area contributed by atoms with Crippen molar-refractivity contribution in [2.24, 2.45) is 57.7 Å². The zero-order valence-corrected chi connectivity index (χ0v) is 56.3. The van der Waals surface area contributed by atoms with Gasteiger partial charge in [0.05, 0.1) is 18.5 Å². The van der Waals surface area contributed by atoms with Crippen LogP contribution in [0.25, 0.3) is 0 Å². The molecule has 0 aromatic heterocycles. The van der Waals surface area contributed by atoms with Crippen molar-refractivity contribution in [2.45, 2.75) is 233 Å². The first-order valence-corrected chi connectivity index (χ1v) is 32.6. The number of ether oxygens (including phenoxy) is 1. The summed E-state index contributed by atoms with van der Waals surface area (Å²) in [6, 6.07) is -3.54. The van der Waals surface area contributed by atoms with E-state index in [1.165, 1.54) is 13.8 Å². The number of ketones is 1. The molecule has 0 bridgehead atoms. The van der Waals surface area contributed by atoms with Crippen LogP contribution in [0.2, 0.25) is 0 Å². The standard InChI is InChI=1S/C64H109N15O13/c1-14-34(6)48(76-57(85)44(69-13)32-41-25-20-19-21-26-41)59(87)72-43(28-24-30-70-64(67)68)55(83)71-42(27-22-23-29-47(65)66)56(84)75-51(37(9)17-4)61(89)77-49(35(7)15-2)60(88)73-45(33-80)58(86)79-53-40(12)92-63(91)52(38(10)18-5)78-62(90)50(36(8)16-3)74-54(82)39(11)31-46(53)81/h19-21,25-26,34-40,42-45,48-53,69,80H,14-18,22-24,27-33H2,1-13H3,(H3,65,66)(H,71,83)(H,72,87)(H,73,88)(H,74,82)(H,75,84)(H,76,85)(H,77,89)(H,78,90)(H,79,86)(H4,67,68,70)/t34-,35-,36?,37+,38-,39+,40-,42+,43-,44+,45-,48-,49-,50-,51+,52-,53+/m0/s1. The second kappa shape index (κ2) is 41.0. The molecule has 1 aromatic carbocycles. The van der Waals surface area contributed by atoms with Crippen molar-refractivity contribution in [1.82, 2.24) is 53.2 Å². The number of aliphatic hydroxyl groups is 1. The molecule has 0 radical (unpaired) electrons. The number of benzene rings is 1. The van der Waals surface area contributed by atoms with E-state index in [0.29, 0.717) is 44.9 Å². The van der Waals surface area contributed by atoms with E-state index >= 15 is 0 Å². The Hall–Kier alpha value is -7.75. The van der Waals surface area contributed by atoms with Gasteiger partial charge in [0.25, 0.3) is 0 Å². The van der Waals surface area contributed by atoms with Crippen LogP contribution in [-0.4, -0.2) is 169 Å². The molecule has 0 aliphatic carbocycles. The Bertz CT molecular complexity index is 2640. The third-order valence-electron chi connectivity index (χ3n) is 17.5. The second-order valence-electron chi connectivity index (χ2n) is 24.7. The highest BCUT2D eigenvalue weighted by molar-refractivity contribution is 5.99. The van der Waals surface area contributed by atoms with E-state index in [2.05, 4.69) is 58.2 Å². The number of esters is 1. The molecule has 1 aromatic rings. The Morgan fingerprint density at radius 2 is 1.07 bits per heavy atom. The molecule has 0 spiro atoms. The summed E-state index contributed by atoms with van der Waals surface area (Å²) in [7, 11) is 1.63. The topological polar surface area (TPSA) is 452 Å². The maximum Gasteiger partial charge on any atom is 0.329 e. The minimum absolute atomic E-state index is 0.0210. The van der Waals surface area contributed by atoms with Crippen molar-refractivity contribution < 1.29 is 62.6 Å². The van der Waals surface area contributed by atoms with Crippen LogP contribution in [0.1, 0.15) is 166 Å². The van der Waals surface area contributed by atoms with Crippen molar-refractivity contribution in [3.05, 3.63) is 35.9 Å². The highest BCUT2D eigenvalue weighted by Crippen LogP contribution is 2.20. The summed E-state index contributed by atoms with van der Waals surface area (Å²) in [5, 5.41) is 45.8. The van der Waals surface area contributed by atoms with E-state index in [-0.39, 0.29) is 56.4 Å². The first kappa shape index (κ1) is 80.3. The lowest BCUT2D eigenvalue weighted by Gasteiger charge is -2.31. The van der Waals surface area contributed by atoms with Crippen molar-refractivity contribution in [3.8, 4) is 0 Å². The molecule has 28 nitrogen and oxygen atoms in total. The molecular weight excluding hydrogens is 1190 g/mol. The predicted octanol–water partition coefficient (Wildman–Crippen LogP) is 0.494. The van der Waals surface area contributed by atoms with Crippen LogP contribution in [0.15, 0.2) is 35.3 Å². The first-order chi connectivity index (χ1) is 43.4. The number of Topliss-reactive ketones (excluding diaryl/α,β-unsaturated/α-hetero) is 1. The predicted molar refractivity (Wildman–Crippen MR) is 349 cm³/mol. The number of amidine groups is 1. The fourth-order valence-electron chi connectivity index (χ4n) is 10.2. The molecule has 17 atom stereocenters. The quantitative estimate of drug-likeness (QED) is 0.0187. The monoisotopic (exact) mass is 1300 g/mol. The highest BCUT2D eigenvalue weighted by atomic mass is 16.5. The third-order valence-corrected chi connectivity index (χ3v) is 17.5. The number of hydrogen-bond donors (Lipinski definition) is 15.